The van der Waals surface area contributed by atoms with E-state index in [0.29, 0.717) is 18.7 Å². The Morgan fingerprint density at radius 2 is 1.84 bits per heavy atom. The molecule has 2 aromatic carbocycles. The SMILES string of the molecule is COc1ccc(C(=O)N(Cc2ccc(F)cc2)C2CC2)cc1S(=O)(=O)N1CCCC[C@@H]1C. The largest absolute Gasteiger partial charge is 0.495 e. The second-order valence-corrected chi connectivity index (χ2v) is 10.5. The fourth-order valence-corrected chi connectivity index (χ4v) is 6.15. The van der Waals surface area contributed by atoms with Crippen LogP contribution in [0, 0.1) is 5.82 Å². The lowest BCUT2D eigenvalue weighted by atomic mass is 10.1. The first-order valence-corrected chi connectivity index (χ1v) is 12.5. The molecule has 1 aliphatic heterocycles. The summed E-state index contributed by atoms with van der Waals surface area (Å²) in [5.74, 6) is -0.326. The summed E-state index contributed by atoms with van der Waals surface area (Å²) < 4.78 is 47.1. The number of hydrogen-bond acceptors (Lipinski definition) is 4. The lowest BCUT2D eigenvalue weighted by molar-refractivity contribution is 0.0729. The number of halogens is 1. The van der Waals surface area contributed by atoms with Crippen LogP contribution in [0.3, 0.4) is 0 Å². The van der Waals surface area contributed by atoms with E-state index < -0.39 is 10.0 Å². The predicted molar refractivity (Wildman–Crippen MR) is 119 cm³/mol. The van der Waals surface area contributed by atoms with Gasteiger partial charge in [0.2, 0.25) is 10.0 Å². The van der Waals surface area contributed by atoms with Gasteiger partial charge in [0.1, 0.15) is 16.5 Å². The molecule has 2 aliphatic rings. The number of ether oxygens (including phenoxy) is 1. The summed E-state index contributed by atoms with van der Waals surface area (Å²) in [5.41, 5.74) is 1.14. The molecule has 1 atom stereocenters. The molecular weight excluding hydrogens is 431 g/mol. The Bertz CT molecular complexity index is 1080. The molecule has 0 aromatic heterocycles. The highest BCUT2D eigenvalue weighted by atomic mass is 32.2. The number of sulfonamides is 1. The van der Waals surface area contributed by atoms with Crippen molar-refractivity contribution in [2.45, 2.75) is 62.6 Å². The molecule has 1 saturated heterocycles. The standard InChI is InChI=1S/C24H29FN2O4S/c1-17-5-3-4-14-27(17)32(29,30)23-15-19(8-13-22(23)31-2)24(28)26(21-11-12-21)16-18-6-9-20(25)10-7-18/h6-10,13,15,17,21H,3-5,11-12,14,16H2,1-2H3/t17-/m0/s1. The van der Waals surface area contributed by atoms with E-state index in [2.05, 4.69) is 0 Å². The second-order valence-electron chi connectivity index (χ2n) is 8.62. The molecule has 0 unspecified atom stereocenters. The number of carbonyl (C=O) groups is 1. The molecule has 1 saturated carbocycles. The molecular formula is C24H29FN2O4S. The van der Waals surface area contributed by atoms with E-state index in [1.165, 1.54) is 29.6 Å². The van der Waals surface area contributed by atoms with Crippen LogP contribution in [0.5, 0.6) is 5.75 Å². The molecule has 0 bridgehead atoms. The Morgan fingerprint density at radius 3 is 2.47 bits per heavy atom. The maximum absolute atomic E-state index is 13.5. The molecule has 1 heterocycles. The minimum Gasteiger partial charge on any atom is -0.495 e. The smallest absolute Gasteiger partial charge is 0.254 e. The van der Waals surface area contributed by atoms with Crippen LogP contribution in [0.25, 0.3) is 0 Å². The van der Waals surface area contributed by atoms with E-state index in [0.717, 1.165) is 37.7 Å². The summed E-state index contributed by atoms with van der Waals surface area (Å²) >= 11 is 0. The van der Waals surface area contributed by atoms with Crippen LogP contribution in [-0.4, -0.2) is 49.3 Å². The van der Waals surface area contributed by atoms with Crippen molar-refractivity contribution in [1.82, 2.24) is 9.21 Å². The lowest BCUT2D eigenvalue weighted by Crippen LogP contribution is -2.42. The monoisotopic (exact) mass is 460 g/mol. The quantitative estimate of drug-likeness (QED) is 0.621. The van der Waals surface area contributed by atoms with Crippen molar-refractivity contribution in [3.05, 3.63) is 59.4 Å². The van der Waals surface area contributed by atoms with E-state index in [9.17, 15) is 17.6 Å². The Morgan fingerprint density at radius 1 is 1.12 bits per heavy atom. The van der Waals surface area contributed by atoms with Crippen LogP contribution >= 0.6 is 0 Å². The topological polar surface area (TPSA) is 66.9 Å². The Hall–Kier alpha value is -2.45. The van der Waals surface area contributed by atoms with Crippen LogP contribution in [0.4, 0.5) is 4.39 Å². The van der Waals surface area contributed by atoms with Crippen molar-refractivity contribution in [3.8, 4) is 5.75 Å². The third-order valence-corrected chi connectivity index (χ3v) is 8.29. The molecule has 1 aliphatic carbocycles. The van der Waals surface area contributed by atoms with Gasteiger partial charge in [0, 0.05) is 30.7 Å². The third kappa shape index (κ3) is 4.66. The Balaban J connectivity index is 1.66. The highest BCUT2D eigenvalue weighted by Gasteiger charge is 2.36. The second kappa shape index (κ2) is 9.19. The van der Waals surface area contributed by atoms with Crippen LogP contribution in [0.15, 0.2) is 47.4 Å². The van der Waals surface area contributed by atoms with Gasteiger partial charge >= 0.3 is 0 Å². The maximum Gasteiger partial charge on any atom is 0.254 e. The molecule has 0 radical (unpaired) electrons. The van der Waals surface area contributed by atoms with Crippen LogP contribution in [-0.2, 0) is 16.6 Å². The van der Waals surface area contributed by atoms with Crippen molar-refractivity contribution in [1.29, 1.82) is 0 Å². The van der Waals surface area contributed by atoms with Gasteiger partial charge in [0.15, 0.2) is 0 Å². The first-order valence-electron chi connectivity index (χ1n) is 11.1. The molecule has 0 N–H and O–H groups in total. The van der Waals surface area contributed by atoms with Crippen molar-refractivity contribution in [2.75, 3.05) is 13.7 Å². The average Bonchev–Trinajstić information content (AvgIpc) is 3.63. The van der Waals surface area contributed by atoms with Crippen molar-refractivity contribution < 1.29 is 22.3 Å². The van der Waals surface area contributed by atoms with Gasteiger partial charge in [-0.15, -0.1) is 0 Å². The fourth-order valence-electron chi connectivity index (χ4n) is 4.27. The van der Waals surface area contributed by atoms with Crippen LogP contribution < -0.4 is 4.74 Å². The van der Waals surface area contributed by atoms with Gasteiger partial charge < -0.3 is 9.64 Å². The summed E-state index contributed by atoms with van der Waals surface area (Å²) in [6.45, 7) is 2.72. The van der Waals surface area contributed by atoms with Crippen molar-refractivity contribution in [3.63, 3.8) is 0 Å². The molecule has 172 valence electrons. The predicted octanol–water partition coefficient (Wildman–Crippen LogP) is 4.20. The molecule has 32 heavy (non-hydrogen) atoms. The molecule has 2 fully saturated rings. The summed E-state index contributed by atoms with van der Waals surface area (Å²) in [4.78, 5) is 15.2. The van der Waals surface area contributed by atoms with Gasteiger partial charge in [-0.1, -0.05) is 18.6 Å². The van der Waals surface area contributed by atoms with Gasteiger partial charge in [0.25, 0.3) is 5.91 Å². The number of amides is 1. The highest BCUT2D eigenvalue weighted by molar-refractivity contribution is 7.89. The number of nitrogens with zero attached hydrogens (tertiary/aromatic N) is 2. The van der Waals surface area contributed by atoms with E-state index in [-0.39, 0.29) is 34.5 Å². The zero-order valence-electron chi connectivity index (χ0n) is 18.5. The minimum atomic E-state index is -3.81. The normalized spacial score (nSPS) is 19.5. The zero-order valence-corrected chi connectivity index (χ0v) is 19.3. The molecule has 0 spiro atoms. The number of carbonyl (C=O) groups excluding carboxylic acids is 1. The van der Waals surface area contributed by atoms with Crippen LogP contribution in [0.1, 0.15) is 54.9 Å². The Kier molecular flexibility index (Phi) is 6.53. The first kappa shape index (κ1) is 22.7. The zero-order chi connectivity index (χ0) is 22.9. The lowest BCUT2D eigenvalue weighted by Gasteiger charge is -2.32. The van der Waals surface area contributed by atoms with Gasteiger partial charge in [-0.05, 0) is 68.5 Å². The molecule has 6 nitrogen and oxygen atoms in total. The van der Waals surface area contributed by atoms with Gasteiger partial charge in [-0.3, -0.25) is 4.79 Å². The van der Waals surface area contributed by atoms with E-state index in [1.54, 1.807) is 29.2 Å². The molecule has 4 rings (SSSR count). The average molecular weight is 461 g/mol. The van der Waals surface area contributed by atoms with Gasteiger partial charge in [-0.2, -0.15) is 4.31 Å². The first-order chi connectivity index (χ1) is 15.3. The maximum atomic E-state index is 13.5. The van der Waals surface area contributed by atoms with Gasteiger partial charge in [-0.25, -0.2) is 12.8 Å². The van der Waals surface area contributed by atoms with E-state index in [1.807, 2.05) is 6.92 Å². The number of methoxy groups -OCH3 is 1. The Labute approximate surface area is 189 Å². The van der Waals surface area contributed by atoms with Crippen LogP contribution in [0.2, 0.25) is 0 Å². The summed E-state index contributed by atoms with van der Waals surface area (Å²) in [7, 11) is -2.38. The van der Waals surface area contributed by atoms with Crippen molar-refractivity contribution in [2.24, 2.45) is 0 Å². The summed E-state index contributed by atoms with van der Waals surface area (Å²) in [6, 6.07) is 10.7. The number of benzene rings is 2. The minimum absolute atomic E-state index is 0.0251. The highest BCUT2D eigenvalue weighted by Crippen LogP contribution is 2.34. The fraction of sp³-hybridized carbons (Fsp3) is 0.458. The van der Waals surface area contributed by atoms with Crippen molar-refractivity contribution >= 4 is 15.9 Å². The molecule has 1 amide bonds. The van der Waals surface area contributed by atoms with E-state index in [4.69, 9.17) is 4.74 Å². The number of hydrogen-bond donors (Lipinski definition) is 0. The number of piperidine rings is 1. The number of rotatable bonds is 7. The van der Waals surface area contributed by atoms with Gasteiger partial charge in [0.05, 0.1) is 7.11 Å². The molecule has 8 heteroatoms. The summed E-state index contributed by atoms with van der Waals surface area (Å²) in [6.07, 6.45) is 4.44. The van der Waals surface area contributed by atoms with E-state index >= 15 is 0 Å². The molecule has 2 aromatic rings. The third-order valence-electron chi connectivity index (χ3n) is 6.25. The summed E-state index contributed by atoms with van der Waals surface area (Å²) in [5, 5.41) is 0.